The van der Waals surface area contributed by atoms with Crippen LogP contribution in [0.2, 0.25) is 0 Å². The summed E-state index contributed by atoms with van der Waals surface area (Å²) < 4.78 is 0. The first kappa shape index (κ1) is 24.8. The van der Waals surface area contributed by atoms with Crippen LogP contribution < -0.4 is 0 Å². The third-order valence-corrected chi connectivity index (χ3v) is 9.21. The van der Waals surface area contributed by atoms with Gasteiger partial charge in [-0.15, -0.1) is 0 Å². The minimum absolute atomic E-state index is 1.24. The highest BCUT2D eigenvalue weighted by Crippen LogP contribution is 2.46. The summed E-state index contributed by atoms with van der Waals surface area (Å²) in [5, 5.41) is 12.8. The molecule has 0 atom stereocenters. The molecular weight excluding hydrogens is 528 g/mol. The predicted molar refractivity (Wildman–Crippen MR) is 190 cm³/mol. The van der Waals surface area contributed by atoms with Gasteiger partial charge in [-0.2, -0.15) is 0 Å². The molecule has 9 aromatic carbocycles. The maximum Gasteiger partial charge on any atom is -0.00199 e. The van der Waals surface area contributed by atoms with E-state index in [0.29, 0.717) is 0 Å². The van der Waals surface area contributed by atoms with Gasteiger partial charge in [0, 0.05) is 0 Å². The Kier molecular flexibility index (Phi) is 5.61. The van der Waals surface area contributed by atoms with Gasteiger partial charge < -0.3 is 0 Å². The summed E-state index contributed by atoms with van der Waals surface area (Å²) in [6, 6.07) is 62.3. The Labute approximate surface area is 256 Å². The van der Waals surface area contributed by atoms with Crippen LogP contribution in [0.25, 0.3) is 87.2 Å². The molecule has 44 heavy (non-hydrogen) atoms. The Bertz CT molecular complexity index is 2480. The fraction of sp³-hybridized carbons (Fsp3) is 0. The molecule has 0 aliphatic heterocycles. The molecule has 204 valence electrons. The van der Waals surface area contributed by atoms with Gasteiger partial charge >= 0.3 is 0 Å². The average Bonchev–Trinajstić information content (AvgIpc) is 3.10. The fourth-order valence-electron chi connectivity index (χ4n) is 7.21. The minimum atomic E-state index is 1.24. The molecule has 0 spiro atoms. The molecule has 0 heterocycles. The normalized spacial score (nSPS) is 11.6. The van der Waals surface area contributed by atoms with Crippen molar-refractivity contribution in [2.24, 2.45) is 0 Å². The monoisotopic (exact) mass is 556 g/mol. The summed E-state index contributed by atoms with van der Waals surface area (Å²) in [7, 11) is 0. The molecule has 0 radical (unpaired) electrons. The first-order chi connectivity index (χ1) is 21.8. The number of fused-ring (bicyclic) bond motifs is 6. The van der Waals surface area contributed by atoms with E-state index in [2.05, 4.69) is 170 Å². The lowest BCUT2D eigenvalue weighted by atomic mass is 9.83. The van der Waals surface area contributed by atoms with E-state index in [4.69, 9.17) is 0 Å². The predicted octanol–water partition coefficient (Wildman–Crippen LogP) is 12.5. The van der Waals surface area contributed by atoms with Gasteiger partial charge in [0.05, 0.1) is 0 Å². The van der Waals surface area contributed by atoms with Crippen LogP contribution in [0.15, 0.2) is 170 Å². The molecule has 0 unspecified atom stereocenters. The molecule has 0 aromatic heterocycles. The summed E-state index contributed by atoms with van der Waals surface area (Å²) >= 11 is 0. The second-order valence-corrected chi connectivity index (χ2v) is 11.7. The highest BCUT2D eigenvalue weighted by molar-refractivity contribution is 6.26. The summed E-state index contributed by atoms with van der Waals surface area (Å²) in [4.78, 5) is 0. The van der Waals surface area contributed by atoms with E-state index in [-0.39, 0.29) is 0 Å². The van der Waals surface area contributed by atoms with Crippen LogP contribution in [0, 0.1) is 0 Å². The van der Waals surface area contributed by atoms with E-state index in [0.717, 1.165) is 0 Å². The minimum Gasteiger partial charge on any atom is -0.0622 e. The Morgan fingerprint density at radius 1 is 0.250 bits per heavy atom. The third-order valence-electron chi connectivity index (χ3n) is 9.21. The number of hydrogen-bond donors (Lipinski definition) is 0. The maximum absolute atomic E-state index is 2.36. The van der Waals surface area contributed by atoms with Gasteiger partial charge in [-0.3, -0.25) is 0 Å². The molecule has 0 nitrogen and oxygen atoms in total. The molecule has 9 rings (SSSR count). The van der Waals surface area contributed by atoms with Crippen molar-refractivity contribution in [3.63, 3.8) is 0 Å². The zero-order chi connectivity index (χ0) is 29.0. The van der Waals surface area contributed by atoms with Crippen molar-refractivity contribution in [3.05, 3.63) is 170 Å². The molecule has 0 heteroatoms. The highest BCUT2D eigenvalue weighted by Gasteiger charge is 2.19. The van der Waals surface area contributed by atoms with Crippen LogP contribution in [-0.4, -0.2) is 0 Å². The lowest BCUT2D eigenvalue weighted by molar-refractivity contribution is 1.64. The average molecular weight is 557 g/mol. The highest BCUT2D eigenvalue weighted by atomic mass is 14.2. The number of rotatable bonds is 3. The van der Waals surface area contributed by atoms with E-state index in [1.807, 2.05) is 0 Å². The van der Waals surface area contributed by atoms with E-state index in [1.54, 1.807) is 0 Å². The van der Waals surface area contributed by atoms with Crippen molar-refractivity contribution in [1.82, 2.24) is 0 Å². The molecule has 0 amide bonds. The van der Waals surface area contributed by atoms with Gasteiger partial charge in [0.2, 0.25) is 0 Å². The lowest BCUT2D eigenvalue weighted by Crippen LogP contribution is -1.92. The third kappa shape index (κ3) is 3.85. The standard InChI is InChI=1S/C44H28/c1-2-11-29(12-3-1)32-23-24-34-28-35(26-25-33(34)27-32)43-37-16-6-8-18-39(37)44(40-19-9-7-17-38(40)43)41-20-10-14-31-22-21-30-13-4-5-15-36(30)42(31)41/h1-28H. The zero-order valence-electron chi connectivity index (χ0n) is 24.2. The second kappa shape index (κ2) is 9.93. The largest absolute Gasteiger partial charge is 0.0622 e. The molecule has 0 saturated carbocycles. The summed E-state index contributed by atoms with van der Waals surface area (Å²) in [5.41, 5.74) is 7.60. The van der Waals surface area contributed by atoms with Crippen LogP contribution in [0.1, 0.15) is 0 Å². The molecule has 0 saturated heterocycles. The fourth-order valence-corrected chi connectivity index (χ4v) is 7.21. The van der Waals surface area contributed by atoms with Crippen molar-refractivity contribution in [3.8, 4) is 33.4 Å². The Morgan fingerprint density at radius 2 is 0.750 bits per heavy atom. The summed E-state index contributed by atoms with van der Waals surface area (Å²) in [6.45, 7) is 0. The first-order valence-electron chi connectivity index (χ1n) is 15.3. The maximum atomic E-state index is 2.36. The lowest BCUT2D eigenvalue weighted by Gasteiger charge is -2.19. The SMILES string of the molecule is c1ccc(-c2ccc3cc(-c4c5ccccc5c(-c5cccc6ccc7ccccc7c56)c5ccccc45)ccc3c2)cc1. The summed E-state index contributed by atoms with van der Waals surface area (Å²) in [5.74, 6) is 0. The molecular formula is C44H28. The van der Waals surface area contributed by atoms with E-state index < -0.39 is 0 Å². The van der Waals surface area contributed by atoms with E-state index >= 15 is 0 Å². The van der Waals surface area contributed by atoms with Gasteiger partial charge in [0.15, 0.2) is 0 Å². The van der Waals surface area contributed by atoms with Crippen LogP contribution in [0.3, 0.4) is 0 Å². The Morgan fingerprint density at radius 3 is 1.45 bits per heavy atom. The Hall–Kier alpha value is -5.72. The molecule has 9 aromatic rings. The van der Waals surface area contributed by atoms with Crippen molar-refractivity contribution < 1.29 is 0 Å². The van der Waals surface area contributed by atoms with Crippen molar-refractivity contribution >= 4 is 53.9 Å². The molecule has 0 aliphatic rings. The molecule has 0 bridgehead atoms. The van der Waals surface area contributed by atoms with Crippen molar-refractivity contribution in [2.45, 2.75) is 0 Å². The molecule has 0 fully saturated rings. The summed E-state index contributed by atoms with van der Waals surface area (Å²) in [6.07, 6.45) is 0. The Balaban J connectivity index is 1.33. The van der Waals surface area contributed by atoms with Crippen molar-refractivity contribution in [2.75, 3.05) is 0 Å². The van der Waals surface area contributed by atoms with Crippen molar-refractivity contribution in [1.29, 1.82) is 0 Å². The topological polar surface area (TPSA) is 0 Å². The van der Waals surface area contributed by atoms with Crippen LogP contribution in [-0.2, 0) is 0 Å². The number of hydrogen-bond acceptors (Lipinski definition) is 0. The quantitative estimate of drug-likeness (QED) is 0.150. The van der Waals surface area contributed by atoms with Crippen LogP contribution in [0.5, 0.6) is 0 Å². The first-order valence-corrected chi connectivity index (χ1v) is 15.3. The second-order valence-electron chi connectivity index (χ2n) is 11.7. The van der Waals surface area contributed by atoms with E-state index in [1.165, 1.54) is 87.2 Å². The zero-order valence-corrected chi connectivity index (χ0v) is 24.2. The van der Waals surface area contributed by atoms with Gasteiger partial charge in [-0.25, -0.2) is 0 Å². The van der Waals surface area contributed by atoms with Gasteiger partial charge in [-0.1, -0.05) is 158 Å². The molecule has 0 aliphatic carbocycles. The molecule has 0 N–H and O–H groups in total. The van der Waals surface area contributed by atoms with Gasteiger partial charge in [0.25, 0.3) is 0 Å². The number of benzene rings is 9. The van der Waals surface area contributed by atoms with Gasteiger partial charge in [-0.05, 0) is 99.4 Å². The van der Waals surface area contributed by atoms with Crippen LogP contribution >= 0.6 is 0 Å². The van der Waals surface area contributed by atoms with E-state index in [9.17, 15) is 0 Å². The van der Waals surface area contributed by atoms with Gasteiger partial charge in [0.1, 0.15) is 0 Å². The smallest absolute Gasteiger partial charge is 0.00199 e. The van der Waals surface area contributed by atoms with Crippen LogP contribution in [0.4, 0.5) is 0 Å².